The normalized spacial score (nSPS) is 15.9. The van der Waals surface area contributed by atoms with Gasteiger partial charge in [-0.05, 0) is 36.0 Å². The Morgan fingerprint density at radius 3 is 2.54 bits per heavy atom. The fourth-order valence-electron chi connectivity index (χ4n) is 2.20. The molecule has 3 rings (SSSR count). The van der Waals surface area contributed by atoms with E-state index in [9.17, 15) is 9.59 Å². The van der Waals surface area contributed by atoms with Crippen molar-refractivity contribution in [1.29, 1.82) is 0 Å². The van der Waals surface area contributed by atoms with Gasteiger partial charge < -0.3 is 0 Å². The molecule has 2 amide bonds. The Morgan fingerprint density at radius 1 is 1.12 bits per heavy atom. The van der Waals surface area contributed by atoms with Crippen LogP contribution in [-0.2, 0) is 4.79 Å². The minimum Gasteiger partial charge on any atom is -0.267 e. The first-order valence-corrected chi connectivity index (χ1v) is 9.22. The number of halogens is 1. The van der Waals surface area contributed by atoms with Crippen LogP contribution in [0.15, 0.2) is 71.7 Å². The van der Waals surface area contributed by atoms with E-state index in [-0.39, 0.29) is 15.8 Å². The van der Waals surface area contributed by atoms with Crippen molar-refractivity contribution in [2.75, 3.05) is 0 Å². The molecular formula is C19H13ClN2O2S2. The van der Waals surface area contributed by atoms with Gasteiger partial charge in [0.05, 0.1) is 15.5 Å². The number of benzene rings is 2. The molecule has 1 aliphatic heterocycles. The van der Waals surface area contributed by atoms with Crippen molar-refractivity contribution in [1.82, 2.24) is 10.4 Å². The Morgan fingerprint density at radius 2 is 1.81 bits per heavy atom. The number of nitrogens with zero attached hydrogens (tertiary/aromatic N) is 1. The fourth-order valence-corrected chi connectivity index (χ4v) is 3.55. The summed E-state index contributed by atoms with van der Waals surface area (Å²) in [5.41, 5.74) is 3.80. The standard InChI is InChI=1S/C19H13ClN2O2S2/c20-15-11-5-4-10-14(15)17(23)21-22-18(24)16(26-19(22)25)12-6-9-13-7-2-1-3-8-13/h1-12H,(H,21,23)/b9-6+,16-12+. The Balaban J connectivity index is 1.71. The number of nitrogens with one attached hydrogen (secondary N) is 1. The van der Waals surface area contributed by atoms with Gasteiger partial charge in [0, 0.05) is 0 Å². The highest BCUT2D eigenvalue weighted by Crippen LogP contribution is 2.30. The summed E-state index contributed by atoms with van der Waals surface area (Å²) in [4.78, 5) is 25.2. The second-order valence-electron chi connectivity index (χ2n) is 5.23. The van der Waals surface area contributed by atoms with E-state index in [1.54, 1.807) is 36.4 Å². The van der Waals surface area contributed by atoms with Gasteiger partial charge >= 0.3 is 0 Å². The van der Waals surface area contributed by atoms with Crippen LogP contribution < -0.4 is 5.43 Å². The molecule has 0 saturated carbocycles. The number of carbonyl (C=O) groups excluding carboxylic acids is 2. The van der Waals surface area contributed by atoms with Gasteiger partial charge in [0.1, 0.15) is 0 Å². The second kappa shape index (κ2) is 8.31. The number of carbonyl (C=O) groups is 2. The molecule has 0 unspecified atom stereocenters. The van der Waals surface area contributed by atoms with E-state index in [2.05, 4.69) is 5.43 Å². The van der Waals surface area contributed by atoms with Crippen LogP contribution in [0.1, 0.15) is 15.9 Å². The van der Waals surface area contributed by atoms with Crippen molar-refractivity contribution < 1.29 is 9.59 Å². The molecule has 0 spiro atoms. The monoisotopic (exact) mass is 400 g/mol. The first-order valence-electron chi connectivity index (χ1n) is 7.61. The van der Waals surface area contributed by atoms with Gasteiger partial charge in [-0.2, -0.15) is 5.01 Å². The maximum absolute atomic E-state index is 12.5. The lowest BCUT2D eigenvalue weighted by Gasteiger charge is -2.16. The van der Waals surface area contributed by atoms with Crippen LogP contribution in [0.4, 0.5) is 0 Å². The van der Waals surface area contributed by atoms with Crippen molar-refractivity contribution in [2.24, 2.45) is 0 Å². The van der Waals surface area contributed by atoms with E-state index >= 15 is 0 Å². The lowest BCUT2D eigenvalue weighted by atomic mass is 10.2. The molecule has 26 heavy (non-hydrogen) atoms. The van der Waals surface area contributed by atoms with Crippen LogP contribution in [-0.4, -0.2) is 21.1 Å². The van der Waals surface area contributed by atoms with Gasteiger partial charge in [-0.15, -0.1) is 0 Å². The van der Waals surface area contributed by atoms with Crippen molar-refractivity contribution >= 4 is 57.8 Å². The van der Waals surface area contributed by atoms with Crippen molar-refractivity contribution in [3.8, 4) is 0 Å². The number of hydrogen-bond acceptors (Lipinski definition) is 4. The Labute approximate surface area is 165 Å². The summed E-state index contributed by atoms with van der Waals surface area (Å²) in [6, 6.07) is 16.3. The Hall–Kier alpha value is -2.41. The molecule has 0 bridgehead atoms. The molecular weight excluding hydrogens is 388 g/mol. The second-order valence-corrected chi connectivity index (χ2v) is 7.31. The molecule has 0 aromatic heterocycles. The van der Waals surface area contributed by atoms with Gasteiger partial charge in [-0.1, -0.05) is 78.0 Å². The SMILES string of the molecule is O=C(NN1C(=O)/C(=C\C=C\c2ccccc2)SC1=S)c1ccccc1Cl. The number of thiocarbonyl (C=S) groups is 1. The third-order valence-corrected chi connectivity index (χ3v) is 5.11. The highest BCUT2D eigenvalue weighted by Gasteiger charge is 2.33. The van der Waals surface area contributed by atoms with E-state index in [0.717, 1.165) is 22.3 Å². The highest BCUT2D eigenvalue weighted by molar-refractivity contribution is 8.26. The smallest absolute Gasteiger partial charge is 0.267 e. The summed E-state index contributed by atoms with van der Waals surface area (Å²) >= 11 is 12.3. The molecule has 1 fully saturated rings. The van der Waals surface area contributed by atoms with Crippen LogP contribution in [0.2, 0.25) is 5.02 Å². The quantitative estimate of drug-likeness (QED) is 0.608. The maximum atomic E-state index is 12.5. The van der Waals surface area contributed by atoms with E-state index in [1.807, 2.05) is 36.4 Å². The summed E-state index contributed by atoms with van der Waals surface area (Å²) in [5, 5.41) is 1.37. The third-order valence-electron chi connectivity index (χ3n) is 3.46. The van der Waals surface area contributed by atoms with Crippen LogP contribution >= 0.6 is 35.6 Å². The molecule has 1 heterocycles. The van der Waals surface area contributed by atoms with Gasteiger partial charge in [0.15, 0.2) is 4.32 Å². The molecule has 0 radical (unpaired) electrons. The number of hydrogen-bond donors (Lipinski definition) is 1. The fraction of sp³-hybridized carbons (Fsp3) is 0. The number of thioether (sulfide) groups is 1. The Kier molecular flexibility index (Phi) is 5.88. The zero-order valence-corrected chi connectivity index (χ0v) is 15.8. The summed E-state index contributed by atoms with van der Waals surface area (Å²) in [5.74, 6) is -0.869. The van der Waals surface area contributed by atoms with Crippen molar-refractivity contribution in [3.63, 3.8) is 0 Å². The molecule has 2 aromatic carbocycles. The van der Waals surface area contributed by atoms with Crippen molar-refractivity contribution in [3.05, 3.63) is 87.8 Å². The molecule has 1 aliphatic rings. The van der Waals surface area contributed by atoms with Crippen LogP contribution in [0.3, 0.4) is 0 Å². The third kappa shape index (κ3) is 4.22. The van der Waals surface area contributed by atoms with E-state index in [0.29, 0.717) is 9.93 Å². The molecule has 7 heteroatoms. The lowest BCUT2D eigenvalue weighted by Crippen LogP contribution is -2.44. The summed E-state index contributed by atoms with van der Waals surface area (Å²) in [6.07, 6.45) is 5.33. The maximum Gasteiger partial charge on any atom is 0.285 e. The first-order chi connectivity index (χ1) is 12.6. The largest absolute Gasteiger partial charge is 0.285 e. The summed E-state index contributed by atoms with van der Waals surface area (Å²) in [7, 11) is 0. The predicted molar refractivity (Wildman–Crippen MR) is 110 cm³/mol. The van der Waals surface area contributed by atoms with Crippen molar-refractivity contribution in [2.45, 2.75) is 0 Å². The Bertz CT molecular complexity index is 926. The summed E-state index contributed by atoms with van der Waals surface area (Å²) in [6.45, 7) is 0. The molecule has 1 N–H and O–H groups in total. The van der Waals surface area contributed by atoms with Gasteiger partial charge in [0.25, 0.3) is 11.8 Å². The predicted octanol–water partition coefficient (Wildman–Crippen LogP) is 4.44. The molecule has 130 valence electrons. The van der Waals surface area contributed by atoms with E-state index < -0.39 is 5.91 Å². The number of allylic oxidation sites excluding steroid dienone is 2. The summed E-state index contributed by atoms with van der Waals surface area (Å²) < 4.78 is 0.259. The van der Waals surface area contributed by atoms with Gasteiger partial charge in [-0.3, -0.25) is 15.0 Å². The van der Waals surface area contributed by atoms with Crippen LogP contribution in [0.5, 0.6) is 0 Å². The molecule has 2 aromatic rings. The minimum absolute atomic E-state index is 0.259. The van der Waals surface area contributed by atoms with E-state index in [1.165, 1.54) is 0 Å². The zero-order chi connectivity index (χ0) is 18.5. The minimum atomic E-state index is -0.493. The molecule has 1 saturated heterocycles. The van der Waals surface area contributed by atoms with E-state index in [4.69, 9.17) is 23.8 Å². The highest BCUT2D eigenvalue weighted by atomic mass is 35.5. The molecule has 0 atom stereocenters. The molecule has 4 nitrogen and oxygen atoms in total. The van der Waals surface area contributed by atoms with Crippen LogP contribution in [0, 0.1) is 0 Å². The van der Waals surface area contributed by atoms with Gasteiger partial charge in [-0.25, -0.2) is 0 Å². The number of amides is 2. The topological polar surface area (TPSA) is 49.4 Å². The first kappa shape index (κ1) is 18.4. The van der Waals surface area contributed by atoms with Gasteiger partial charge in [0.2, 0.25) is 0 Å². The number of rotatable bonds is 4. The number of hydrazine groups is 1. The average Bonchev–Trinajstić information content (AvgIpc) is 2.90. The zero-order valence-electron chi connectivity index (χ0n) is 13.4. The lowest BCUT2D eigenvalue weighted by molar-refractivity contribution is -0.123. The average molecular weight is 401 g/mol. The molecule has 0 aliphatic carbocycles. The van der Waals surface area contributed by atoms with Crippen LogP contribution in [0.25, 0.3) is 6.08 Å².